The van der Waals surface area contributed by atoms with Crippen LogP contribution in [-0.2, 0) is 25.0 Å². The lowest BCUT2D eigenvalue weighted by Gasteiger charge is -2.03. The third-order valence-corrected chi connectivity index (χ3v) is 3.49. The summed E-state index contributed by atoms with van der Waals surface area (Å²) >= 11 is 0. The third-order valence-electron chi connectivity index (χ3n) is 3.49. The van der Waals surface area contributed by atoms with Crippen molar-refractivity contribution in [2.75, 3.05) is 5.32 Å². The molecule has 0 bridgehead atoms. The number of amides is 1. The topological polar surface area (TPSA) is 86.9 Å². The molecule has 0 aliphatic carbocycles. The van der Waals surface area contributed by atoms with E-state index in [0.29, 0.717) is 31.8 Å². The van der Waals surface area contributed by atoms with Crippen molar-refractivity contribution in [1.29, 1.82) is 0 Å². The first kappa shape index (κ1) is 16.7. The summed E-state index contributed by atoms with van der Waals surface area (Å²) < 4.78 is 8.99. The van der Waals surface area contributed by atoms with E-state index in [0.717, 1.165) is 11.4 Å². The minimum absolute atomic E-state index is 0.0635. The molecule has 2 heterocycles. The highest BCUT2D eigenvalue weighted by atomic mass is 16.5. The molecule has 3 rings (SSSR count). The Labute approximate surface area is 145 Å². The molecule has 0 fully saturated rings. The van der Waals surface area contributed by atoms with Crippen LogP contribution in [0.2, 0.25) is 0 Å². The molecule has 3 aromatic rings. The predicted octanol–water partition coefficient (Wildman–Crippen LogP) is 2.01. The Hall–Kier alpha value is -3.16. The van der Waals surface area contributed by atoms with Crippen molar-refractivity contribution in [3.05, 3.63) is 54.5 Å². The number of hydrogen-bond donors (Lipinski definition) is 1. The molecule has 0 aliphatic heterocycles. The third kappa shape index (κ3) is 5.17. The first-order chi connectivity index (χ1) is 12.2. The summed E-state index contributed by atoms with van der Waals surface area (Å²) in [6.07, 6.45) is 4.68. The van der Waals surface area contributed by atoms with Crippen molar-refractivity contribution in [1.82, 2.24) is 24.8 Å². The maximum Gasteiger partial charge on any atom is 0.225 e. The van der Waals surface area contributed by atoms with Crippen LogP contribution < -0.4 is 10.1 Å². The van der Waals surface area contributed by atoms with Crippen molar-refractivity contribution in [2.45, 2.75) is 26.0 Å². The SMILES string of the molecule is Cn1ccc(NC(=O)CCCn2cc(COc3ccccc3)nn2)n1. The van der Waals surface area contributed by atoms with Crippen LogP contribution in [0.3, 0.4) is 0 Å². The number of carbonyl (C=O) groups excluding carboxylic acids is 1. The number of ether oxygens (including phenoxy) is 1. The number of benzene rings is 1. The van der Waals surface area contributed by atoms with Crippen LogP contribution in [-0.4, -0.2) is 30.7 Å². The van der Waals surface area contributed by atoms with Crippen LogP contribution in [0.5, 0.6) is 5.75 Å². The van der Waals surface area contributed by atoms with Crippen LogP contribution in [0.4, 0.5) is 5.82 Å². The molecule has 130 valence electrons. The average Bonchev–Trinajstić information content (AvgIpc) is 3.23. The molecule has 1 aromatic carbocycles. The van der Waals surface area contributed by atoms with Crippen LogP contribution in [0, 0.1) is 0 Å². The lowest BCUT2D eigenvalue weighted by Crippen LogP contribution is -2.13. The van der Waals surface area contributed by atoms with E-state index in [1.165, 1.54) is 0 Å². The molecule has 8 nitrogen and oxygen atoms in total. The van der Waals surface area contributed by atoms with Crippen LogP contribution in [0.1, 0.15) is 18.5 Å². The van der Waals surface area contributed by atoms with E-state index in [2.05, 4.69) is 20.7 Å². The Kier molecular flexibility index (Phi) is 5.40. The van der Waals surface area contributed by atoms with Crippen molar-refractivity contribution in [3.8, 4) is 5.75 Å². The molecule has 25 heavy (non-hydrogen) atoms. The largest absolute Gasteiger partial charge is 0.487 e. The monoisotopic (exact) mass is 340 g/mol. The number of aromatic nitrogens is 5. The van der Waals surface area contributed by atoms with E-state index < -0.39 is 0 Å². The second kappa shape index (κ2) is 8.09. The molecule has 0 saturated carbocycles. The maximum absolute atomic E-state index is 11.9. The van der Waals surface area contributed by atoms with E-state index in [1.54, 1.807) is 28.7 Å². The minimum atomic E-state index is -0.0635. The second-order valence-corrected chi connectivity index (χ2v) is 5.60. The van der Waals surface area contributed by atoms with E-state index >= 15 is 0 Å². The second-order valence-electron chi connectivity index (χ2n) is 5.60. The van der Waals surface area contributed by atoms with Gasteiger partial charge in [-0.15, -0.1) is 5.10 Å². The van der Waals surface area contributed by atoms with Gasteiger partial charge in [0.15, 0.2) is 5.82 Å². The smallest absolute Gasteiger partial charge is 0.225 e. The highest BCUT2D eigenvalue weighted by Gasteiger charge is 2.06. The van der Waals surface area contributed by atoms with Gasteiger partial charge in [-0.1, -0.05) is 23.4 Å². The summed E-state index contributed by atoms with van der Waals surface area (Å²) in [5, 5.41) is 15.0. The summed E-state index contributed by atoms with van der Waals surface area (Å²) in [4.78, 5) is 11.9. The first-order valence-corrected chi connectivity index (χ1v) is 8.05. The summed E-state index contributed by atoms with van der Waals surface area (Å²) in [5.41, 5.74) is 0.752. The molecule has 0 radical (unpaired) electrons. The summed E-state index contributed by atoms with van der Waals surface area (Å²) in [5.74, 6) is 1.29. The lowest BCUT2D eigenvalue weighted by molar-refractivity contribution is -0.116. The van der Waals surface area contributed by atoms with E-state index in [1.807, 2.05) is 36.5 Å². The van der Waals surface area contributed by atoms with Gasteiger partial charge >= 0.3 is 0 Å². The summed E-state index contributed by atoms with van der Waals surface area (Å²) in [7, 11) is 1.81. The fourth-order valence-electron chi connectivity index (χ4n) is 2.28. The molecule has 1 amide bonds. The number of nitrogens with one attached hydrogen (secondary N) is 1. The van der Waals surface area contributed by atoms with Crippen LogP contribution >= 0.6 is 0 Å². The predicted molar refractivity (Wildman–Crippen MR) is 91.9 cm³/mol. The Balaban J connectivity index is 1.39. The maximum atomic E-state index is 11.9. The highest BCUT2D eigenvalue weighted by Crippen LogP contribution is 2.10. The van der Waals surface area contributed by atoms with Gasteiger partial charge < -0.3 is 10.1 Å². The number of rotatable bonds is 8. The van der Waals surface area contributed by atoms with Crippen LogP contribution in [0.15, 0.2) is 48.8 Å². The van der Waals surface area contributed by atoms with Gasteiger partial charge in [0.05, 0.1) is 6.20 Å². The number of anilines is 1. The lowest BCUT2D eigenvalue weighted by atomic mass is 10.3. The quantitative estimate of drug-likeness (QED) is 0.678. The zero-order chi connectivity index (χ0) is 17.5. The summed E-state index contributed by atoms with van der Waals surface area (Å²) in [6, 6.07) is 11.3. The van der Waals surface area contributed by atoms with Crippen molar-refractivity contribution < 1.29 is 9.53 Å². The van der Waals surface area contributed by atoms with Gasteiger partial charge in [-0.3, -0.25) is 14.2 Å². The Morgan fingerprint density at radius 2 is 2.08 bits per heavy atom. The standard InChI is InChI=1S/C17H20N6O2/c1-22-11-9-16(20-22)18-17(24)8-5-10-23-12-14(19-21-23)13-25-15-6-3-2-4-7-15/h2-4,6-7,9,11-12H,5,8,10,13H2,1H3,(H,18,20,24). The fourth-order valence-corrected chi connectivity index (χ4v) is 2.28. The molecule has 1 N–H and O–H groups in total. The van der Waals surface area contributed by atoms with Gasteiger partial charge in [0.2, 0.25) is 5.91 Å². The molecule has 8 heteroatoms. The Morgan fingerprint density at radius 1 is 1.24 bits per heavy atom. The van der Waals surface area contributed by atoms with Crippen molar-refractivity contribution in [3.63, 3.8) is 0 Å². The molecule has 2 aromatic heterocycles. The molecule has 0 atom stereocenters. The van der Waals surface area contributed by atoms with Crippen molar-refractivity contribution in [2.24, 2.45) is 7.05 Å². The normalized spacial score (nSPS) is 10.6. The summed E-state index contributed by atoms with van der Waals surface area (Å²) in [6.45, 7) is 0.984. The molecule has 0 aliphatic rings. The molecule has 0 spiro atoms. The number of para-hydroxylation sites is 1. The van der Waals surface area contributed by atoms with E-state index in [9.17, 15) is 4.79 Å². The van der Waals surface area contributed by atoms with Gasteiger partial charge in [0.25, 0.3) is 0 Å². The van der Waals surface area contributed by atoms with E-state index in [4.69, 9.17) is 4.74 Å². The van der Waals surface area contributed by atoms with Gasteiger partial charge in [-0.25, -0.2) is 0 Å². The number of carbonyl (C=O) groups is 1. The fraction of sp³-hybridized carbons (Fsp3) is 0.294. The molecule has 0 saturated heterocycles. The Bertz CT molecular complexity index is 811. The highest BCUT2D eigenvalue weighted by molar-refractivity contribution is 5.89. The van der Waals surface area contributed by atoms with Crippen LogP contribution in [0.25, 0.3) is 0 Å². The number of hydrogen-bond acceptors (Lipinski definition) is 5. The molecular weight excluding hydrogens is 320 g/mol. The Morgan fingerprint density at radius 3 is 2.84 bits per heavy atom. The average molecular weight is 340 g/mol. The number of nitrogens with zero attached hydrogens (tertiary/aromatic N) is 5. The molecular formula is C17H20N6O2. The van der Waals surface area contributed by atoms with Crippen molar-refractivity contribution >= 4 is 11.7 Å². The van der Waals surface area contributed by atoms with Gasteiger partial charge in [0, 0.05) is 32.3 Å². The zero-order valence-corrected chi connectivity index (χ0v) is 14.0. The number of aryl methyl sites for hydroxylation is 2. The minimum Gasteiger partial charge on any atom is -0.487 e. The van der Waals surface area contributed by atoms with Gasteiger partial charge in [-0.05, 0) is 18.6 Å². The van der Waals surface area contributed by atoms with E-state index in [-0.39, 0.29) is 5.91 Å². The first-order valence-electron chi connectivity index (χ1n) is 8.05. The van der Waals surface area contributed by atoms with Gasteiger partial charge in [0.1, 0.15) is 18.1 Å². The zero-order valence-electron chi connectivity index (χ0n) is 14.0. The molecule has 0 unspecified atom stereocenters. The van der Waals surface area contributed by atoms with Gasteiger partial charge in [-0.2, -0.15) is 5.10 Å².